The zero-order valence-electron chi connectivity index (χ0n) is 9.37. The number of rotatable bonds is 3. The topological polar surface area (TPSA) is 30.7 Å². The first-order chi connectivity index (χ1) is 8.52. The molecule has 2 rings (SSSR count). The minimum atomic E-state index is -0.417. The fraction of sp³-hybridized carbons (Fsp3) is 0.273. The van der Waals surface area contributed by atoms with E-state index in [9.17, 15) is 4.39 Å². The average molecular weight is 353 g/mol. The molecule has 0 bridgehead atoms. The fourth-order valence-electron chi connectivity index (χ4n) is 1.49. The van der Waals surface area contributed by atoms with E-state index in [-0.39, 0.29) is 10.4 Å². The van der Waals surface area contributed by atoms with Gasteiger partial charge in [-0.15, -0.1) is 16.7 Å². The number of hydrogen-bond donors (Lipinski definition) is 0. The second-order valence-corrected chi connectivity index (χ2v) is 5.47. The molecule has 18 heavy (non-hydrogen) atoms. The lowest BCUT2D eigenvalue weighted by Crippen LogP contribution is -1.98. The Balaban J connectivity index is 2.46. The van der Waals surface area contributed by atoms with Gasteiger partial charge in [0.25, 0.3) is 0 Å². The highest BCUT2D eigenvalue weighted by atomic mass is 79.9. The smallest absolute Gasteiger partial charge is 0.125 e. The first-order valence-corrected chi connectivity index (χ1v) is 6.85. The molecule has 1 heterocycles. The van der Waals surface area contributed by atoms with Gasteiger partial charge in [-0.2, -0.15) is 0 Å². The molecule has 1 aromatic carbocycles. The van der Waals surface area contributed by atoms with Crippen LogP contribution in [-0.4, -0.2) is 15.0 Å². The van der Waals surface area contributed by atoms with E-state index in [0.717, 1.165) is 6.42 Å². The Hall–Kier alpha value is -0.650. The molecule has 0 amide bonds. The summed E-state index contributed by atoms with van der Waals surface area (Å²) >= 11 is 15.3. The van der Waals surface area contributed by atoms with Gasteiger partial charge in [-0.3, -0.25) is 0 Å². The summed E-state index contributed by atoms with van der Waals surface area (Å²) < 4.78 is 15.1. The zero-order valence-corrected chi connectivity index (χ0v) is 12.5. The monoisotopic (exact) mass is 351 g/mol. The summed E-state index contributed by atoms with van der Waals surface area (Å²) in [6.45, 7) is 1.96. The first kappa shape index (κ1) is 13.8. The van der Waals surface area contributed by atoms with Crippen molar-refractivity contribution in [1.82, 2.24) is 15.0 Å². The van der Waals surface area contributed by atoms with Crippen LogP contribution in [0.1, 0.15) is 24.4 Å². The highest BCUT2D eigenvalue weighted by Crippen LogP contribution is 2.30. The third kappa shape index (κ3) is 2.68. The van der Waals surface area contributed by atoms with Gasteiger partial charge in [0.1, 0.15) is 11.5 Å². The highest BCUT2D eigenvalue weighted by molar-refractivity contribution is 9.10. The van der Waals surface area contributed by atoms with Crippen molar-refractivity contribution in [1.29, 1.82) is 0 Å². The van der Waals surface area contributed by atoms with Crippen molar-refractivity contribution in [3.05, 3.63) is 39.3 Å². The van der Waals surface area contributed by atoms with Gasteiger partial charge in [0.05, 0.1) is 22.3 Å². The molecule has 7 heteroatoms. The second-order valence-electron chi connectivity index (χ2n) is 3.68. The highest BCUT2D eigenvalue weighted by Gasteiger charge is 2.15. The van der Waals surface area contributed by atoms with Crippen molar-refractivity contribution in [2.24, 2.45) is 0 Å². The molecule has 2 aromatic rings. The van der Waals surface area contributed by atoms with Crippen molar-refractivity contribution in [3.63, 3.8) is 0 Å². The molecule has 0 aliphatic carbocycles. The largest absolute Gasteiger partial charge is 0.218 e. The van der Waals surface area contributed by atoms with Gasteiger partial charge in [-0.25, -0.2) is 9.07 Å². The quantitative estimate of drug-likeness (QED) is 0.761. The molecule has 0 radical (unpaired) electrons. The summed E-state index contributed by atoms with van der Waals surface area (Å²) in [5.74, 6) is -0.417. The van der Waals surface area contributed by atoms with Gasteiger partial charge in [0, 0.05) is 4.47 Å². The summed E-state index contributed by atoms with van der Waals surface area (Å²) in [5, 5.41) is 7.98. The van der Waals surface area contributed by atoms with Crippen LogP contribution in [0.5, 0.6) is 0 Å². The van der Waals surface area contributed by atoms with Gasteiger partial charge in [-0.1, -0.05) is 23.7 Å². The molecule has 0 N–H and O–H groups in total. The Morgan fingerprint density at radius 3 is 2.83 bits per heavy atom. The van der Waals surface area contributed by atoms with Crippen molar-refractivity contribution in [2.75, 3.05) is 0 Å². The zero-order chi connectivity index (χ0) is 13.3. The lowest BCUT2D eigenvalue weighted by atomic mass is 10.2. The van der Waals surface area contributed by atoms with Crippen LogP contribution >= 0.6 is 39.1 Å². The Bertz CT molecular complexity index is 550. The van der Waals surface area contributed by atoms with Crippen molar-refractivity contribution in [2.45, 2.75) is 18.7 Å². The van der Waals surface area contributed by atoms with Gasteiger partial charge in [0.2, 0.25) is 0 Å². The van der Waals surface area contributed by atoms with Crippen LogP contribution in [0.4, 0.5) is 4.39 Å². The Morgan fingerprint density at radius 2 is 2.22 bits per heavy atom. The summed E-state index contributed by atoms with van der Waals surface area (Å²) in [4.78, 5) is 0. The van der Waals surface area contributed by atoms with Gasteiger partial charge < -0.3 is 0 Å². The predicted molar refractivity (Wildman–Crippen MR) is 72.9 cm³/mol. The summed E-state index contributed by atoms with van der Waals surface area (Å²) in [6.07, 6.45) is 2.43. The number of aromatic nitrogens is 3. The maximum atomic E-state index is 13.1. The van der Waals surface area contributed by atoms with Gasteiger partial charge in [0.15, 0.2) is 0 Å². The molecule has 0 saturated heterocycles. The van der Waals surface area contributed by atoms with Gasteiger partial charge in [-0.05, 0) is 34.5 Å². The van der Waals surface area contributed by atoms with Crippen LogP contribution in [-0.2, 0) is 0 Å². The molecular weight excluding hydrogens is 344 g/mol. The second kappa shape index (κ2) is 5.55. The average Bonchev–Trinajstić information content (AvgIpc) is 2.76. The van der Waals surface area contributed by atoms with E-state index in [1.807, 2.05) is 6.92 Å². The van der Waals surface area contributed by atoms with Crippen LogP contribution in [0, 0.1) is 5.82 Å². The SMILES string of the molecule is CCC(Cl)c1cn(-c2c(Cl)cc(F)cc2Br)nn1. The van der Waals surface area contributed by atoms with Crippen LogP contribution < -0.4 is 0 Å². The number of hydrogen-bond acceptors (Lipinski definition) is 2. The molecule has 0 fully saturated rings. The maximum absolute atomic E-state index is 13.1. The normalized spacial score (nSPS) is 12.7. The summed E-state index contributed by atoms with van der Waals surface area (Å²) in [7, 11) is 0. The third-order valence-corrected chi connectivity index (χ3v) is 3.83. The first-order valence-electron chi connectivity index (χ1n) is 5.24. The molecule has 0 aliphatic heterocycles. The van der Waals surface area contributed by atoms with Crippen molar-refractivity contribution in [3.8, 4) is 5.69 Å². The van der Waals surface area contributed by atoms with Gasteiger partial charge >= 0.3 is 0 Å². The molecule has 1 atom stereocenters. The molecule has 1 unspecified atom stereocenters. The van der Waals surface area contributed by atoms with E-state index >= 15 is 0 Å². The van der Waals surface area contributed by atoms with Crippen molar-refractivity contribution < 1.29 is 4.39 Å². The fourth-order valence-corrected chi connectivity index (χ4v) is 2.61. The van der Waals surface area contributed by atoms with Crippen LogP contribution in [0.25, 0.3) is 5.69 Å². The standard InChI is InChI=1S/C11H9BrCl2FN3/c1-2-8(13)10-5-18(17-16-10)11-7(12)3-6(15)4-9(11)14/h3-5,8H,2H2,1H3. The minimum absolute atomic E-state index is 0.197. The number of alkyl halides is 1. The van der Waals surface area contributed by atoms with Crippen LogP contribution in [0.3, 0.4) is 0 Å². The molecule has 0 aliphatic rings. The molecule has 96 valence electrons. The molecule has 0 spiro atoms. The van der Waals surface area contributed by atoms with E-state index in [2.05, 4.69) is 26.2 Å². The summed E-state index contributed by atoms with van der Waals surface area (Å²) in [6, 6.07) is 2.54. The summed E-state index contributed by atoms with van der Waals surface area (Å²) in [5.41, 5.74) is 1.20. The lowest BCUT2D eigenvalue weighted by Gasteiger charge is -2.06. The number of halogens is 4. The van der Waals surface area contributed by atoms with E-state index in [0.29, 0.717) is 15.9 Å². The Labute approximate surface area is 122 Å². The maximum Gasteiger partial charge on any atom is 0.125 e. The molecule has 0 saturated carbocycles. The third-order valence-electron chi connectivity index (χ3n) is 2.40. The Kier molecular flexibility index (Phi) is 4.25. The predicted octanol–water partition coefficient (Wildman–Crippen LogP) is 4.51. The molecule has 1 aromatic heterocycles. The minimum Gasteiger partial charge on any atom is -0.218 e. The van der Waals surface area contributed by atoms with E-state index < -0.39 is 5.82 Å². The van der Waals surface area contributed by atoms with E-state index in [1.54, 1.807) is 6.20 Å². The molecule has 3 nitrogen and oxygen atoms in total. The molecular formula is C11H9BrCl2FN3. The van der Waals surface area contributed by atoms with Crippen LogP contribution in [0.2, 0.25) is 5.02 Å². The van der Waals surface area contributed by atoms with E-state index in [4.69, 9.17) is 23.2 Å². The van der Waals surface area contributed by atoms with Crippen molar-refractivity contribution >= 4 is 39.1 Å². The lowest BCUT2D eigenvalue weighted by molar-refractivity contribution is 0.625. The Morgan fingerprint density at radius 1 is 1.50 bits per heavy atom. The van der Waals surface area contributed by atoms with E-state index in [1.165, 1.54) is 16.8 Å². The number of nitrogens with zero attached hydrogens (tertiary/aromatic N) is 3. The number of benzene rings is 1. The van der Waals surface area contributed by atoms with Crippen LogP contribution in [0.15, 0.2) is 22.8 Å².